The fraction of sp³-hybridized carbons (Fsp3) is 0.625. The van der Waals surface area contributed by atoms with Gasteiger partial charge in [0.25, 0.3) is 5.69 Å². The van der Waals surface area contributed by atoms with E-state index in [9.17, 15) is 10.1 Å². The van der Waals surface area contributed by atoms with Crippen molar-refractivity contribution in [2.24, 2.45) is 0 Å². The highest BCUT2D eigenvalue weighted by Gasteiger charge is 2.32. The molecule has 23 heavy (non-hydrogen) atoms. The molecule has 126 valence electrons. The fourth-order valence-electron chi connectivity index (χ4n) is 3.61. The number of anilines is 1. The molecule has 1 unspecified atom stereocenters. The van der Waals surface area contributed by atoms with Crippen molar-refractivity contribution in [1.29, 1.82) is 0 Å². The average Bonchev–Trinajstić information content (AvgIpc) is 3.04. The first-order chi connectivity index (χ1) is 11.1. The smallest absolute Gasteiger partial charge is 0.294 e. The van der Waals surface area contributed by atoms with E-state index in [1.807, 2.05) is 0 Å². The van der Waals surface area contributed by atoms with E-state index in [1.54, 1.807) is 12.1 Å². The minimum Gasteiger partial charge on any atom is -0.364 e. The van der Waals surface area contributed by atoms with Crippen LogP contribution in [0.5, 0.6) is 0 Å². The Kier molecular flexibility index (Phi) is 5.04. The predicted octanol–water partition coefficient (Wildman–Crippen LogP) is 2.46. The lowest BCUT2D eigenvalue weighted by atomic mass is 10.2. The zero-order valence-corrected chi connectivity index (χ0v) is 14.2. The summed E-state index contributed by atoms with van der Waals surface area (Å²) in [5.41, 5.74) is 0.794. The van der Waals surface area contributed by atoms with Crippen LogP contribution in [0.25, 0.3) is 0 Å². The number of nitrogens with zero attached hydrogens (tertiary/aromatic N) is 4. The van der Waals surface area contributed by atoms with Crippen LogP contribution in [0.2, 0.25) is 5.02 Å². The van der Waals surface area contributed by atoms with Crippen LogP contribution >= 0.6 is 11.6 Å². The lowest BCUT2D eigenvalue weighted by Gasteiger charge is -2.37. The van der Waals surface area contributed by atoms with Crippen LogP contribution in [0.1, 0.15) is 13.3 Å². The molecular formula is C16H23ClN4O2. The molecule has 0 N–H and O–H groups in total. The van der Waals surface area contributed by atoms with Crippen molar-refractivity contribution < 1.29 is 4.92 Å². The Labute approximate surface area is 141 Å². The summed E-state index contributed by atoms with van der Waals surface area (Å²) in [4.78, 5) is 18.1. The molecule has 2 aliphatic rings. The first kappa shape index (κ1) is 16.5. The molecule has 3 rings (SSSR count). The van der Waals surface area contributed by atoms with Crippen molar-refractivity contribution in [1.82, 2.24) is 9.80 Å². The number of hydrogen-bond donors (Lipinski definition) is 0. The van der Waals surface area contributed by atoms with Gasteiger partial charge in [0, 0.05) is 56.4 Å². The molecule has 1 atom stereocenters. The number of nitro benzene ring substituents is 1. The molecule has 0 spiro atoms. The molecule has 0 aromatic heterocycles. The second-order valence-electron chi connectivity index (χ2n) is 6.25. The maximum atomic E-state index is 11.3. The van der Waals surface area contributed by atoms with Crippen molar-refractivity contribution in [3.63, 3.8) is 0 Å². The molecule has 2 heterocycles. The number of piperazine rings is 1. The topological polar surface area (TPSA) is 52.9 Å². The van der Waals surface area contributed by atoms with Gasteiger partial charge in [-0.05, 0) is 25.1 Å². The molecule has 0 radical (unpaired) electrons. The van der Waals surface area contributed by atoms with E-state index in [-0.39, 0.29) is 10.6 Å². The first-order valence-corrected chi connectivity index (χ1v) is 8.61. The molecule has 7 heteroatoms. The molecule has 2 aliphatic heterocycles. The Hall–Kier alpha value is -1.37. The quantitative estimate of drug-likeness (QED) is 0.623. The van der Waals surface area contributed by atoms with Gasteiger partial charge in [-0.3, -0.25) is 15.0 Å². The number of benzene rings is 1. The van der Waals surface area contributed by atoms with Gasteiger partial charge in [0.2, 0.25) is 0 Å². The third-order valence-corrected chi connectivity index (χ3v) is 5.24. The second kappa shape index (κ2) is 7.03. The SMILES string of the molecule is CCN1CCN(C2CCN(c3ccc(Cl)cc3[N+](=O)[O-])C2)CC1. The maximum Gasteiger partial charge on any atom is 0.294 e. The van der Waals surface area contributed by atoms with E-state index < -0.39 is 0 Å². The summed E-state index contributed by atoms with van der Waals surface area (Å²) in [6, 6.07) is 5.45. The normalized spacial score (nSPS) is 23.4. The summed E-state index contributed by atoms with van der Waals surface area (Å²) in [7, 11) is 0. The number of rotatable bonds is 4. The van der Waals surface area contributed by atoms with E-state index >= 15 is 0 Å². The fourth-order valence-corrected chi connectivity index (χ4v) is 3.78. The number of likely N-dealkylation sites (N-methyl/N-ethyl adjacent to an activating group) is 1. The lowest BCUT2D eigenvalue weighted by molar-refractivity contribution is -0.384. The molecule has 2 fully saturated rings. The van der Waals surface area contributed by atoms with Gasteiger partial charge in [-0.1, -0.05) is 18.5 Å². The van der Waals surface area contributed by atoms with Crippen LogP contribution in [-0.2, 0) is 0 Å². The first-order valence-electron chi connectivity index (χ1n) is 8.23. The van der Waals surface area contributed by atoms with Crippen LogP contribution in [0.15, 0.2) is 18.2 Å². The van der Waals surface area contributed by atoms with Gasteiger partial charge in [-0.15, -0.1) is 0 Å². The van der Waals surface area contributed by atoms with Crippen LogP contribution < -0.4 is 4.90 Å². The van der Waals surface area contributed by atoms with Crippen molar-refractivity contribution in [2.75, 3.05) is 50.7 Å². The van der Waals surface area contributed by atoms with Crippen molar-refractivity contribution in [2.45, 2.75) is 19.4 Å². The summed E-state index contributed by atoms with van der Waals surface area (Å²) in [6.45, 7) is 9.45. The zero-order valence-electron chi connectivity index (χ0n) is 13.4. The van der Waals surface area contributed by atoms with Gasteiger partial charge < -0.3 is 9.80 Å². The maximum absolute atomic E-state index is 11.3. The molecule has 0 amide bonds. The zero-order chi connectivity index (χ0) is 16.4. The Morgan fingerprint density at radius 1 is 1.26 bits per heavy atom. The minimum atomic E-state index is -0.339. The Balaban J connectivity index is 1.67. The molecule has 0 saturated carbocycles. The lowest BCUT2D eigenvalue weighted by Crippen LogP contribution is -2.50. The number of nitro groups is 1. The van der Waals surface area contributed by atoms with E-state index in [2.05, 4.69) is 21.6 Å². The van der Waals surface area contributed by atoms with Crippen LogP contribution in [0.4, 0.5) is 11.4 Å². The largest absolute Gasteiger partial charge is 0.364 e. The van der Waals surface area contributed by atoms with Gasteiger partial charge in [0.05, 0.1) is 4.92 Å². The number of halogens is 1. The van der Waals surface area contributed by atoms with E-state index in [0.29, 0.717) is 16.8 Å². The Morgan fingerprint density at radius 3 is 2.65 bits per heavy atom. The van der Waals surface area contributed by atoms with E-state index in [1.165, 1.54) is 6.07 Å². The number of hydrogen-bond acceptors (Lipinski definition) is 5. The standard InChI is InChI=1S/C16H23ClN4O2/c1-2-18-7-9-19(10-8-18)14-5-6-20(12-14)15-4-3-13(17)11-16(15)21(22)23/h3-4,11,14H,2,5-10,12H2,1H3. The molecule has 1 aromatic rings. The third-order valence-electron chi connectivity index (χ3n) is 5.01. The molecular weight excluding hydrogens is 316 g/mol. The highest BCUT2D eigenvalue weighted by Crippen LogP contribution is 2.34. The van der Waals surface area contributed by atoms with E-state index in [0.717, 1.165) is 52.2 Å². The molecule has 0 bridgehead atoms. The van der Waals surface area contributed by atoms with Gasteiger partial charge in [-0.2, -0.15) is 0 Å². The summed E-state index contributed by atoms with van der Waals surface area (Å²) < 4.78 is 0. The predicted molar refractivity (Wildman–Crippen MR) is 92.4 cm³/mol. The van der Waals surface area contributed by atoms with Gasteiger partial charge in [0.1, 0.15) is 5.69 Å². The highest BCUT2D eigenvalue weighted by atomic mass is 35.5. The summed E-state index contributed by atoms with van der Waals surface area (Å²) in [5, 5.41) is 11.7. The Morgan fingerprint density at radius 2 is 2.00 bits per heavy atom. The monoisotopic (exact) mass is 338 g/mol. The van der Waals surface area contributed by atoms with Crippen LogP contribution in [0, 0.1) is 10.1 Å². The highest BCUT2D eigenvalue weighted by molar-refractivity contribution is 6.30. The summed E-state index contributed by atoms with van der Waals surface area (Å²) in [5.74, 6) is 0. The van der Waals surface area contributed by atoms with Gasteiger partial charge in [0.15, 0.2) is 0 Å². The van der Waals surface area contributed by atoms with Crippen molar-refractivity contribution in [3.05, 3.63) is 33.3 Å². The van der Waals surface area contributed by atoms with E-state index in [4.69, 9.17) is 11.6 Å². The summed E-state index contributed by atoms with van der Waals surface area (Å²) in [6.07, 6.45) is 1.06. The van der Waals surface area contributed by atoms with Gasteiger partial charge >= 0.3 is 0 Å². The van der Waals surface area contributed by atoms with Crippen molar-refractivity contribution >= 4 is 23.0 Å². The van der Waals surface area contributed by atoms with Gasteiger partial charge in [-0.25, -0.2) is 0 Å². The second-order valence-corrected chi connectivity index (χ2v) is 6.69. The summed E-state index contributed by atoms with van der Waals surface area (Å²) >= 11 is 5.91. The Bertz CT molecular complexity index is 575. The molecule has 2 saturated heterocycles. The molecule has 6 nitrogen and oxygen atoms in total. The molecule has 1 aromatic carbocycles. The van der Waals surface area contributed by atoms with Crippen LogP contribution in [0.3, 0.4) is 0 Å². The molecule has 0 aliphatic carbocycles. The van der Waals surface area contributed by atoms with Crippen molar-refractivity contribution in [3.8, 4) is 0 Å². The third kappa shape index (κ3) is 3.59. The minimum absolute atomic E-state index is 0.106. The van der Waals surface area contributed by atoms with Crippen LogP contribution in [-0.4, -0.2) is 66.6 Å². The average molecular weight is 339 g/mol.